The lowest BCUT2D eigenvalue weighted by Gasteiger charge is -2.34. The molecule has 17 heteroatoms. The van der Waals surface area contributed by atoms with E-state index >= 15 is 0 Å². The summed E-state index contributed by atoms with van der Waals surface area (Å²) in [6.07, 6.45) is -2.46. The first-order valence-electron chi connectivity index (χ1n) is 17.1. The number of carbonyl (C=O) groups is 2. The Balaban J connectivity index is 1.23. The highest BCUT2D eigenvalue weighted by Gasteiger charge is 2.37. The molecule has 0 bridgehead atoms. The summed E-state index contributed by atoms with van der Waals surface area (Å²) >= 11 is 0. The van der Waals surface area contributed by atoms with Crippen LogP contribution in [0.3, 0.4) is 0 Å². The molecular formula is C38H36F3N7O6S. The number of aromatic nitrogens is 4. The number of nitriles is 1. The second kappa shape index (κ2) is 14.7. The molecule has 3 aromatic carbocycles. The van der Waals surface area contributed by atoms with E-state index in [1.807, 2.05) is 13.0 Å². The van der Waals surface area contributed by atoms with Crippen LogP contribution >= 0.6 is 0 Å². The monoisotopic (exact) mass is 775 g/mol. The van der Waals surface area contributed by atoms with Gasteiger partial charge >= 0.3 is 17.9 Å². The average Bonchev–Trinajstić information content (AvgIpc) is 3.70. The van der Waals surface area contributed by atoms with Gasteiger partial charge in [0.05, 0.1) is 51.1 Å². The molecule has 1 aliphatic carbocycles. The summed E-state index contributed by atoms with van der Waals surface area (Å²) in [6, 6.07) is 14.2. The van der Waals surface area contributed by atoms with Crippen LogP contribution < -0.4 is 16.3 Å². The number of imidazole rings is 1. The molecule has 0 atom stereocenters. The van der Waals surface area contributed by atoms with Crippen molar-refractivity contribution in [3.05, 3.63) is 116 Å². The summed E-state index contributed by atoms with van der Waals surface area (Å²) in [6.45, 7) is 6.89. The molecule has 0 saturated heterocycles. The highest BCUT2D eigenvalue weighted by molar-refractivity contribution is 7.85. The van der Waals surface area contributed by atoms with Crippen LogP contribution in [-0.2, 0) is 27.5 Å². The van der Waals surface area contributed by atoms with Crippen LogP contribution in [0.25, 0.3) is 22.8 Å². The Bertz CT molecular complexity index is 2540. The van der Waals surface area contributed by atoms with Crippen LogP contribution in [0.2, 0.25) is 0 Å². The minimum absolute atomic E-state index is 0.0641. The van der Waals surface area contributed by atoms with Crippen molar-refractivity contribution in [2.24, 2.45) is 5.92 Å². The Morgan fingerprint density at radius 3 is 2.31 bits per heavy atom. The molecule has 3 N–H and O–H groups in total. The van der Waals surface area contributed by atoms with Crippen molar-refractivity contribution in [1.82, 2.24) is 29.5 Å². The van der Waals surface area contributed by atoms with Crippen molar-refractivity contribution in [2.45, 2.75) is 64.1 Å². The number of nitrogens with zero attached hydrogens (tertiary/aromatic N) is 5. The topological polar surface area (TPSA) is 181 Å². The lowest BCUT2D eigenvalue weighted by molar-refractivity contribution is -0.137. The third-order valence-corrected chi connectivity index (χ3v) is 11.1. The van der Waals surface area contributed by atoms with E-state index in [1.165, 1.54) is 36.0 Å². The van der Waals surface area contributed by atoms with E-state index in [4.69, 9.17) is 0 Å². The number of alkyl halides is 3. The van der Waals surface area contributed by atoms with E-state index < -0.39 is 45.5 Å². The van der Waals surface area contributed by atoms with Gasteiger partial charge in [0.25, 0.3) is 10.1 Å². The molecule has 0 unspecified atom stereocenters. The molecule has 55 heavy (non-hydrogen) atoms. The zero-order chi connectivity index (χ0) is 40.0. The number of hydrogen-bond acceptors (Lipinski definition) is 7. The van der Waals surface area contributed by atoms with Crippen molar-refractivity contribution in [3.63, 3.8) is 0 Å². The molecule has 1 saturated carbocycles. The van der Waals surface area contributed by atoms with Crippen LogP contribution in [0.15, 0.2) is 76.6 Å². The maximum absolute atomic E-state index is 14.1. The van der Waals surface area contributed by atoms with E-state index in [0.29, 0.717) is 28.8 Å². The smallest absolute Gasteiger partial charge is 0.356 e. The first kappa shape index (κ1) is 38.7. The minimum atomic E-state index is -4.69. The van der Waals surface area contributed by atoms with Crippen LogP contribution in [-0.4, -0.2) is 56.4 Å². The summed E-state index contributed by atoms with van der Waals surface area (Å²) in [5.41, 5.74) is 2.02. The van der Waals surface area contributed by atoms with E-state index in [0.717, 1.165) is 32.4 Å². The molecule has 6 rings (SSSR count). The number of carbonyl (C=O) groups excluding carboxylic acids is 2. The second-order valence-corrected chi connectivity index (χ2v) is 14.9. The van der Waals surface area contributed by atoms with E-state index in [-0.39, 0.29) is 53.0 Å². The molecule has 286 valence electrons. The van der Waals surface area contributed by atoms with Gasteiger partial charge in [-0.1, -0.05) is 6.07 Å². The second-order valence-electron chi connectivity index (χ2n) is 13.5. The summed E-state index contributed by atoms with van der Waals surface area (Å²) < 4.78 is 77.8. The van der Waals surface area contributed by atoms with E-state index in [9.17, 15) is 45.8 Å². The lowest BCUT2D eigenvalue weighted by atomic mass is 9.79. The van der Waals surface area contributed by atoms with Crippen LogP contribution in [0, 0.1) is 44.9 Å². The minimum Gasteiger partial charge on any atom is -0.356 e. The van der Waals surface area contributed by atoms with Crippen molar-refractivity contribution in [2.75, 3.05) is 6.54 Å². The molecule has 13 nitrogen and oxygen atoms in total. The SMILES string of the molecule is Cc1c(CCNC(=O)C2CC(NC(=O)n3c(-c4ccnn4-c4ccc(C#N)cc4)c(C)n(-c4cccc(C(F)(F)F)c4)c3=O)C2)cc(S(=O)(=O)O)c(C)c1C. The van der Waals surface area contributed by atoms with Gasteiger partial charge in [0, 0.05) is 18.5 Å². The van der Waals surface area contributed by atoms with Crippen molar-refractivity contribution < 1.29 is 35.7 Å². The molecule has 5 aromatic rings. The van der Waals surface area contributed by atoms with Gasteiger partial charge in [-0.2, -0.15) is 31.9 Å². The zero-order valence-electron chi connectivity index (χ0n) is 30.1. The van der Waals surface area contributed by atoms with Gasteiger partial charge in [-0.05, 0) is 124 Å². The first-order chi connectivity index (χ1) is 25.9. The highest BCUT2D eigenvalue weighted by Crippen LogP contribution is 2.33. The van der Waals surface area contributed by atoms with Gasteiger partial charge in [0.2, 0.25) is 5.91 Å². The number of halogens is 3. The maximum Gasteiger partial charge on any atom is 0.416 e. The van der Waals surface area contributed by atoms with E-state index in [2.05, 4.69) is 15.7 Å². The Morgan fingerprint density at radius 1 is 0.982 bits per heavy atom. The molecule has 2 amide bonds. The van der Waals surface area contributed by atoms with Gasteiger partial charge < -0.3 is 10.6 Å². The Morgan fingerprint density at radius 2 is 1.67 bits per heavy atom. The van der Waals surface area contributed by atoms with Gasteiger partial charge in [0.15, 0.2) is 0 Å². The average molecular weight is 776 g/mol. The van der Waals surface area contributed by atoms with Crippen molar-refractivity contribution in [3.8, 4) is 28.8 Å². The molecule has 0 aliphatic heterocycles. The highest BCUT2D eigenvalue weighted by atomic mass is 32.2. The maximum atomic E-state index is 14.1. The third-order valence-electron chi connectivity index (χ3n) is 10.1. The standard InChI is InChI=1S/C38H36F3N7O6S/c1-21-22(2)26(18-33(23(21)3)55(52,53)54)12-14-43-35(49)27-16-29(17-27)45-36(50)47-34(32-13-15-44-48(32)30-10-8-25(20-42)9-11-30)24(4)46(37(47)51)31-7-5-6-28(19-31)38(39,40)41/h5-11,13,15,18-19,27,29H,12,14,16-17H2,1-4H3,(H,43,49)(H,45,50)(H,52,53,54). The van der Waals surface area contributed by atoms with E-state index in [1.54, 1.807) is 44.2 Å². The molecule has 0 spiro atoms. The summed E-state index contributed by atoms with van der Waals surface area (Å²) in [7, 11) is -4.44. The molecule has 2 heterocycles. The Labute approximate surface area is 313 Å². The lowest BCUT2D eigenvalue weighted by Crippen LogP contribution is -2.51. The van der Waals surface area contributed by atoms with Crippen molar-refractivity contribution >= 4 is 22.1 Å². The van der Waals surface area contributed by atoms with Gasteiger partial charge in [-0.25, -0.2) is 18.8 Å². The van der Waals surface area contributed by atoms with Crippen LogP contribution in [0.4, 0.5) is 18.0 Å². The van der Waals surface area contributed by atoms with Gasteiger partial charge in [0.1, 0.15) is 5.69 Å². The number of benzene rings is 3. The molecule has 2 aromatic heterocycles. The predicted molar refractivity (Wildman–Crippen MR) is 195 cm³/mol. The third kappa shape index (κ3) is 7.55. The summed E-state index contributed by atoms with van der Waals surface area (Å²) in [4.78, 5) is 40.9. The van der Waals surface area contributed by atoms with Crippen LogP contribution in [0.5, 0.6) is 0 Å². The summed E-state index contributed by atoms with van der Waals surface area (Å²) in [5.74, 6) is -0.748. The molecule has 0 radical (unpaired) electrons. The van der Waals surface area contributed by atoms with Crippen LogP contribution in [0.1, 0.15) is 51.9 Å². The number of rotatable bonds is 9. The normalized spacial score (nSPS) is 15.6. The Kier molecular flexibility index (Phi) is 10.3. The van der Waals surface area contributed by atoms with Crippen molar-refractivity contribution in [1.29, 1.82) is 5.26 Å². The first-order valence-corrected chi connectivity index (χ1v) is 18.6. The number of amides is 2. The van der Waals surface area contributed by atoms with Gasteiger partial charge in [-0.3, -0.25) is 13.9 Å². The molecule has 1 fully saturated rings. The number of hydrogen-bond donors (Lipinski definition) is 3. The quantitative estimate of drug-likeness (QED) is 0.163. The fourth-order valence-corrected chi connectivity index (χ4v) is 7.68. The number of nitrogens with one attached hydrogen (secondary N) is 2. The molecule has 1 aliphatic rings. The largest absolute Gasteiger partial charge is 0.416 e. The fraction of sp³-hybridized carbons (Fsp3) is 0.289. The molecular weight excluding hydrogens is 740 g/mol. The van der Waals surface area contributed by atoms with Gasteiger partial charge in [-0.15, -0.1) is 0 Å². The Hall–Kier alpha value is -5.99. The zero-order valence-corrected chi connectivity index (χ0v) is 30.9. The fourth-order valence-electron chi connectivity index (χ4n) is 6.85. The predicted octanol–water partition coefficient (Wildman–Crippen LogP) is 5.56. The summed E-state index contributed by atoms with van der Waals surface area (Å²) in [5, 5.41) is 19.2.